The Morgan fingerprint density at radius 1 is 1.11 bits per heavy atom. The highest BCUT2D eigenvalue weighted by Gasteiger charge is 2.12. The van der Waals surface area contributed by atoms with Crippen molar-refractivity contribution in [3.8, 4) is 22.8 Å². The lowest BCUT2D eigenvalue weighted by molar-refractivity contribution is 0.404. The summed E-state index contributed by atoms with van der Waals surface area (Å²) in [4.78, 5) is 4.66. The van der Waals surface area contributed by atoms with Crippen LogP contribution in [-0.4, -0.2) is 24.9 Å². The number of benzene rings is 2. The topological polar surface area (TPSA) is 55.7 Å². The lowest BCUT2D eigenvalue weighted by atomic mass is 10.1. The summed E-state index contributed by atoms with van der Waals surface area (Å²) in [7, 11) is 3.30. The minimum Gasteiger partial charge on any atom is -0.497 e. The smallest absolute Gasteiger partial charge is 0.203 e. The van der Waals surface area contributed by atoms with Gasteiger partial charge in [-0.2, -0.15) is 5.10 Å². The third-order valence-electron chi connectivity index (χ3n) is 4.07. The molecule has 0 saturated carbocycles. The van der Waals surface area contributed by atoms with Crippen LogP contribution in [0.3, 0.4) is 0 Å². The molecule has 6 heteroatoms. The molecule has 5 nitrogen and oxygen atoms in total. The van der Waals surface area contributed by atoms with E-state index in [0.717, 1.165) is 52.0 Å². The summed E-state index contributed by atoms with van der Waals surface area (Å²) in [6.45, 7) is 2.15. The SMILES string of the molecule is CCC/C(=N\Nc1nc(-c2cc(OC)ccc2OC)cs1)c1ccccc1. The molecule has 1 heterocycles. The van der Waals surface area contributed by atoms with Gasteiger partial charge in [-0.3, -0.25) is 5.43 Å². The molecule has 0 atom stereocenters. The minimum atomic E-state index is 0.736. The van der Waals surface area contributed by atoms with Gasteiger partial charge in [0.15, 0.2) is 0 Å². The number of nitrogens with zero attached hydrogens (tertiary/aromatic N) is 2. The maximum Gasteiger partial charge on any atom is 0.203 e. The number of methoxy groups -OCH3 is 2. The van der Waals surface area contributed by atoms with Crippen molar-refractivity contribution in [1.29, 1.82) is 0 Å². The molecule has 0 fully saturated rings. The van der Waals surface area contributed by atoms with Crippen LogP contribution in [0, 0.1) is 0 Å². The lowest BCUT2D eigenvalue weighted by Gasteiger charge is -2.08. The molecule has 0 aliphatic carbocycles. The van der Waals surface area contributed by atoms with Crippen molar-refractivity contribution in [3.05, 3.63) is 59.5 Å². The first-order valence-corrected chi connectivity index (χ1v) is 9.69. The molecule has 0 spiro atoms. The molecule has 3 aromatic rings. The van der Waals surface area contributed by atoms with Crippen LogP contribution in [0.1, 0.15) is 25.3 Å². The molecule has 140 valence electrons. The van der Waals surface area contributed by atoms with E-state index in [0.29, 0.717) is 0 Å². The van der Waals surface area contributed by atoms with Crippen LogP contribution in [0.2, 0.25) is 0 Å². The van der Waals surface area contributed by atoms with Crippen molar-refractivity contribution in [1.82, 2.24) is 4.98 Å². The van der Waals surface area contributed by atoms with Crippen molar-refractivity contribution < 1.29 is 9.47 Å². The molecule has 2 aromatic carbocycles. The summed E-state index contributed by atoms with van der Waals surface area (Å²) < 4.78 is 10.8. The summed E-state index contributed by atoms with van der Waals surface area (Å²) in [6, 6.07) is 15.9. The Bertz CT molecular complexity index is 907. The Labute approximate surface area is 163 Å². The van der Waals surface area contributed by atoms with Crippen LogP contribution in [0.25, 0.3) is 11.3 Å². The largest absolute Gasteiger partial charge is 0.497 e. The van der Waals surface area contributed by atoms with E-state index < -0.39 is 0 Å². The quantitative estimate of drug-likeness (QED) is 0.417. The number of rotatable bonds is 8. The van der Waals surface area contributed by atoms with E-state index in [-0.39, 0.29) is 0 Å². The van der Waals surface area contributed by atoms with Crippen LogP contribution in [0.15, 0.2) is 59.0 Å². The van der Waals surface area contributed by atoms with Gasteiger partial charge in [-0.1, -0.05) is 43.7 Å². The molecule has 3 rings (SSSR count). The molecule has 27 heavy (non-hydrogen) atoms. The first kappa shape index (κ1) is 18.9. The second-order valence-electron chi connectivity index (χ2n) is 5.89. The molecule has 0 saturated heterocycles. The zero-order valence-electron chi connectivity index (χ0n) is 15.7. The number of ether oxygens (including phenoxy) is 2. The van der Waals surface area contributed by atoms with Crippen LogP contribution >= 0.6 is 11.3 Å². The molecule has 0 radical (unpaired) electrons. The Morgan fingerprint density at radius 2 is 1.93 bits per heavy atom. The molecule has 0 bridgehead atoms. The van der Waals surface area contributed by atoms with Crippen molar-refractivity contribution in [2.75, 3.05) is 19.6 Å². The predicted octanol–water partition coefficient (Wildman–Crippen LogP) is 5.44. The summed E-state index contributed by atoms with van der Waals surface area (Å²) in [6.07, 6.45) is 1.93. The molecule has 0 unspecified atom stereocenters. The third-order valence-corrected chi connectivity index (χ3v) is 4.81. The van der Waals surface area contributed by atoms with E-state index in [1.807, 2.05) is 41.8 Å². The van der Waals surface area contributed by atoms with E-state index in [1.165, 1.54) is 11.3 Å². The average molecular weight is 382 g/mol. The monoisotopic (exact) mass is 381 g/mol. The predicted molar refractivity (Wildman–Crippen MR) is 112 cm³/mol. The fourth-order valence-corrected chi connectivity index (χ4v) is 3.36. The number of aromatic nitrogens is 1. The average Bonchev–Trinajstić information content (AvgIpc) is 3.20. The van der Waals surface area contributed by atoms with Crippen molar-refractivity contribution >= 4 is 22.2 Å². The highest BCUT2D eigenvalue weighted by molar-refractivity contribution is 7.14. The summed E-state index contributed by atoms with van der Waals surface area (Å²) in [5.74, 6) is 1.52. The zero-order valence-corrected chi connectivity index (χ0v) is 16.5. The Morgan fingerprint density at radius 3 is 2.63 bits per heavy atom. The molecular formula is C21H23N3O2S. The zero-order chi connectivity index (χ0) is 19.1. The van der Waals surface area contributed by atoms with Crippen LogP contribution in [0.5, 0.6) is 11.5 Å². The van der Waals surface area contributed by atoms with Gasteiger partial charge in [-0.15, -0.1) is 11.3 Å². The number of hydrogen-bond acceptors (Lipinski definition) is 6. The second-order valence-corrected chi connectivity index (χ2v) is 6.75. The van der Waals surface area contributed by atoms with Crippen LogP contribution in [-0.2, 0) is 0 Å². The molecule has 1 aromatic heterocycles. The highest BCUT2D eigenvalue weighted by atomic mass is 32.1. The number of anilines is 1. The fraction of sp³-hybridized carbons (Fsp3) is 0.238. The van der Waals surface area contributed by atoms with Gasteiger partial charge >= 0.3 is 0 Å². The normalized spacial score (nSPS) is 11.3. The summed E-state index contributed by atoms with van der Waals surface area (Å²) in [5.41, 5.74) is 6.97. The van der Waals surface area contributed by atoms with Crippen LogP contribution < -0.4 is 14.9 Å². The Balaban J connectivity index is 1.84. The van der Waals surface area contributed by atoms with Gasteiger partial charge in [0.05, 0.1) is 25.6 Å². The first-order chi connectivity index (χ1) is 13.2. The standard InChI is InChI=1S/C21H23N3O2S/c1-4-8-18(15-9-6-5-7-10-15)23-24-21-22-19(14-27-21)17-13-16(25-2)11-12-20(17)26-3/h5-7,9-14H,4,8H2,1-3H3,(H,22,24)/b23-18+. The maximum atomic E-state index is 5.46. The molecular weight excluding hydrogens is 358 g/mol. The highest BCUT2D eigenvalue weighted by Crippen LogP contribution is 2.35. The number of nitrogens with one attached hydrogen (secondary N) is 1. The molecule has 0 aliphatic rings. The van der Waals surface area contributed by atoms with Gasteiger partial charge < -0.3 is 9.47 Å². The van der Waals surface area contributed by atoms with E-state index in [4.69, 9.17) is 9.47 Å². The van der Waals surface area contributed by atoms with E-state index in [9.17, 15) is 0 Å². The van der Waals surface area contributed by atoms with Gasteiger partial charge in [0.1, 0.15) is 11.5 Å². The van der Waals surface area contributed by atoms with Gasteiger partial charge in [-0.05, 0) is 30.2 Å². The van der Waals surface area contributed by atoms with Crippen molar-refractivity contribution in [2.24, 2.45) is 5.10 Å². The number of hydrazone groups is 1. The summed E-state index contributed by atoms with van der Waals surface area (Å²) in [5, 5.41) is 7.31. The third kappa shape index (κ3) is 4.65. The summed E-state index contributed by atoms with van der Waals surface area (Å²) >= 11 is 1.51. The van der Waals surface area contributed by atoms with Gasteiger partial charge in [0.2, 0.25) is 5.13 Å². The molecule has 0 amide bonds. The van der Waals surface area contributed by atoms with Crippen molar-refractivity contribution in [3.63, 3.8) is 0 Å². The van der Waals surface area contributed by atoms with Crippen molar-refractivity contribution in [2.45, 2.75) is 19.8 Å². The molecule has 1 N–H and O–H groups in total. The Hall–Kier alpha value is -2.86. The number of thiazole rings is 1. The van der Waals surface area contributed by atoms with Gasteiger partial charge in [0, 0.05) is 10.9 Å². The molecule has 0 aliphatic heterocycles. The van der Waals surface area contributed by atoms with E-state index in [2.05, 4.69) is 34.6 Å². The minimum absolute atomic E-state index is 0.736. The fourth-order valence-electron chi connectivity index (χ4n) is 2.71. The van der Waals surface area contributed by atoms with E-state index >= 15 is 0 Å². The van der Waals surface area contributed by atoms with Gasteiger partial charge in [-0.25, -0.2) is 4.98 Å². The first-order valence-electron chi connectivity index (χ1n) is 8.81. The number of hydrogen-bond donors (Lipinski definition) is 1. The van der Waals surface area contributed by atoms with Gasteiger partial charge in [0.25, 0.3) is 0 Å². The Kier molecular flexibility index (Phi) is 6.44. The van der Waals surface area contributed by atoms with E-state index in [1.54, 1.807) is 14.2 Å². The second kappa shape index (κ2) is 9.19. The van der Waals surface area contributed by atoms with Crippen LogP contribution in [0.4, 0.5) is 5.13 Å². The maximum absolute atomic E-state index is 5.46. The lowest BCUT2D eigenvalue weighted by Crippen LogP contribution is -2.04.